The third-order valence-electron chi connectivity index (χ3n) is 2.14. The number of hydrogen-bond acceptors (Lipinski definition) is 4. The highest BCUT2D eigenvalue weighted by atomic mass is 79.9. The van der Waals surface area contributed by atoms with E-state index in [1.165, 1.54) is 0 Å². The number of pyridine rings is 1. The fourth-order valence-electron chi connectivity index (χ4n) is 1.33. The van der Waals surface area contributed by atoms with Gasteiger partial charge in [0, 0.05) is 12.3 Å². The van der Waals surface area contributed by atoms with Crippen molar-refractivity contribution < 1.29 is 9.47 Å². The minimum absolute atomic E-state index is 0.474. The van der Waals surface area contributed by atoms with E-state index in [1.54, 1.807) is 25.6 Å². The van der Waals surface area contributed by atoms with E-state index >= 15 is 0 Å². The predicted octanol–water partition coefficient (Wildman–Crippen LogP) is 3.23. The molecule has 0 spiro atoms. The molecule has 2 N–H and O–H groups in total. The molecule has 0 fully saturated rings. The molecule has 0 aliphatic heterocycles. The van der Waals surface area contributed by atoms with E-state index < -0.39 is 0 Å². The first-order chi connectivity index (χ1) is 8.20. The van der Waals surface area contributed by atoms with Gasteiger partial charge in [-0.15, -0.1) is 0 Å². The van der Waals surface area contributed by atoms with Crippen LogP contribution in [0.5, 0.6) is 17.2 Å². The molecule has 0 atom stereocenters. The van der Waals surface area contributed by atoms with E-state index in [-0.39, 0.29) is 0 Å². The molecule has 2 aromatic rings. The lowest BCUT2D eigenvalue weighted by molar-refractivity contribution is 0.409. The Morgan fingerprint density at radius 3 is 2.71 bits per heavy atom. The summed E-state index contributed by atoms with van der Waals surface area (Å²) in [5.74, 6) is 1.93. The van der Waals surface area contributed by atoms with Crippen molar-refractivity contribution in [3.8, 4) is 17.2 Å². The second-order valence-electron chi connectivity index (χ2n) is 3.32. The number of nitrogens with zero attached hydrogens (tertiary/aromatic N) is 1. The van der Waals surface area contributed by atoms with Crippen molar-refractivity contribution in [2.24, 2.45) is 0 Å². The number of hydrogen-bond donors (Lipinski definition) is 1. The van der Waals surface area contributed by atoms with Crippen LogP contribution in [0.2, 0.25) is 0 Å². The van der Waals surface area contributed by atoms with Gasteiger partial charge in [0.2, 0.25) is 0 Å². The fraction of sp³-hybridized carbons (Fsp3) is 0.0833. The Kier molecular flexibility index (Phi) is 3.49. The molecular formula is C12H11BrN2O2. The second-order valence-corrected chi connectivity index (χ2v) is 4.18. The van der Waals surface area contributed by atoms with Gasteiger partial charge in [0.1, 0.15) is 11.5 Å². The molecule has 0 radical (unpaired) electrons. The number of nitrogens with two attached hydrogens (primary N) is 1. The Balaban J connectivity index is 2.31. The van der Waals surface area contributed by atoms with Gasteiger partial charge in [-0.05, 0) is 28.1 Å². The molecule has 0 amide bonds. The van der Waals surface area contributed by atoms with Gasteiger partial charge in [0.05, 0.1) is 23.5 Å². The summed E-state index contributed by atoms with van der Waals surface area (Å²) in [4.78, 5) is 3.94. The quantitative estimate of drug-likeness (QED) is 0.944. The van der Waals surface area contributed by atoms with Gasteiger partial charge in [0.25, 0.3) is 0 Å². The Bertz CT molecular complexity index is 511. The largest absolute Gasteiger partial charge is 0.497 e. The number of methoxy groups -OCH3 is 1. The van der Waals surface area contributed by atoms with E-state index in [4.69, 9.17) is 15.2 Å². The molecule has 0 bridgehead atoms. The summed E-state index contributed by atoms with van der Waals surface area (Å²) in [6, 6.07) is 7.30. The van der Waals surface area contributed by atoms with Crippen LogP contribution in [0, 0.1) is 0 Å². The van der Waals surface area contributed by atoms with Crippen molar-refractivity contribution in [1.82, 2.24) is 4.98 Å². The highest BCUT2D eigenvalue weighted by Crippen LogP contribution is 2.34. The van der Waals surface area contributed by atoms with Gasteiger partial charge in [0.15, 0.2) is 5.75 Å². The monoisotopic (exact) mass is 294 g/mol. The molecule has 5 heteroatoms. The van der Waals surface area contributed by atoms with E-state index in [9.17, 15) is 0 Å². The summed E-state index contributed by atoms with van der Waals surface area (Å²) in [5, 5.41) is 0. The van der Waals surface area contributed by atoms with Gasteiger partial charge in [-0.1, -0.05) is 6.07 Å². The molecule has 1 heterocycles. The predicted molar refractivity (Wildman–Crippen MR) is 69.4 cm³/mol. The molecule has 0 saturated carbocycles. The Morgan fingerprint density at radius 2 is 2.00 bits per heavy atom. The van der Waals surface area contributed by atoms with Crippen LogP contribution in [0.4, 0.5) is 5.69 Å². The van der Waals surface area contributed by atoms with E-state index in [1.807, 2.05) is 18.2 Å². The van der Waals surface area contributed by atoms with Crippen LogP contribution in [-0.4, -0.2) is 12.1 Å². The van der Waals surface area contributed by atoms with Crippen molar-refractivity contribution in [3.63, 3.8) is 0 Å². The lowest BCUT2D eigenvalue weighted by atomic mass is 10.3. The van der Waals surface area contributed by atoms with Crippen molar-refractivity contribution in [2.45, 2.75) is 0 Å². The molecule has 0 unspecified atom stereocenters. The first kappa shape index (κ1) is 11.7. The highest BCUT2D eigenvalue weighted by molar-refractivity contribution is 9.10. The van der Waals surface area contributed by atoms with E-state index in [0.29, 0.717) is 21.7 Å². The number of rotatable bonds is 3. The number of halogens is 1. The minimum atomic E-state index is 0.474. The van der Waals surface area contributed by atoms with Crippen LogP contribution in [0.25, 0.3) is 0 Å². The topological polar surface area (TPSA) is 57.4 Å². The van der Waals surface area contributed by atoms with Crippen molar-refractivity contribution >= 4 is 21.6 Å². The smallest absolute Gasteiger partial charge is 0.167 e. The van der Waals surface area contributed by atoms with Crippen LogP contribution < -0.4 is 15.2 Å². The van der Waals surface area contributed by atoms with E-state index in [2.05, 4.69) is 20.9 Å². The van der Waals surface area contributed by atoms with Crippen LogP contribution in [-0.2, 0) is 0 Å². The number of aromatic nitrogens is 1. The molecule has 0 saturated heterocycles. The summed E-state index contributed by atoms with van der Waals surface area (Å²) in [5.41, 5.74) is 6.27. The van der Waals surface area contributed by atoms with Gasteiger partial charge in [-0.3, -0.25) is 4.98 Å². The third kappa shape index (κ3) is 2.68. The Morgan fingerprint density at radius 1 is 1.24 bits per heavy atom. The molecule has 1 aromatic heterocycles. The lowest BCUT2D eigenvalue weighted by Gasteiger charge is -2.10. The minimum Gasteiger partial charge on any atom is -0.497 e. The zero-order valence-corrected chi connectivity index (χ0v) is 10.8. The lowest BCUT2D eigenvalue weighted by Crippen LogP contribution is -1.94. The Labute approximate surface area is 108 Å². The Hall–Kier alpha value is -1.75. The standard InChI is InChI=1S/C12H11BrN2O2/c1-16-8-3-2-4-9(5-8)17-12-10(13)6-15-7-11(12)14/h2-7H,14H2,1H3. The maximum atomic E-state index is 5.79. The van der Waals surface area contributed by atoms with Crippen LogP contribution in [0.1, 0.15) is 0 Å². The van der Waals surface area contributed by atoms with Gasteiger partial charge < -0.3 is 15.2 Å². The molecule has 2 rings (SSSR count). The van der Waals surface area contributed by atoms with Gasteiger partial charge in [-0.25, -0.2) is 0 Å². The first-order valence-corrected chi connectivity index (χ1v) is 5.71. The molecule has 4 nitrogen and oxygen atoms in total. The van der Waals surface area contributed by atoms with Crippen molar-refractivity contribution in [2.75, 3.05) is 12.8 Å². The summed E-state index contributed by atoms with van der Waals surface area (Å²) in [7, 11) is 1.61. The fourth-order valence-corrected chi connectivity index (χ4v) is 1.76. The SMILES string of the molecule is COc1cccc(Oc2c(N)cncc2Br)c1. The third-order valence-corrected chi connectivity index (χ3v) is 2.71. The molecule has 88 valence electrons. The molecule has 1 aromatic carbocycles. The molecule has 17 heavy (non-hydrogen) atoms. The number of nitrogen functional groups attached to an aromatic ring is 1. The van der Waals surface area contributed by atoms with Crippen molar-refractivity contribution in [1.29, 1.82) is 0 Å². The van der Waals surface area contributed by atoms with E-state index in [0.717, 1.165) is 5.75 Å². The average molecular weight is 295 g/mol. The van der Waals surface area contributed by atoms with Gasteiger partial charge >= 0.3 is 0 Å². The highest BCUT2D eigenvalue weighted by Gasteiger charge is 2.07. The summed E-state index contributed by atoms with van der Waals surface area (Å²) in [6.45, 7) is 0. The van der Waals surface area contributed by atoms with Crippen LogP contribution in [0.15, 0.2) is 41.1 Å². The molecule has 0 aliphatic carbocycles. The maximum Gasteiger partial charge on any atom is 0.167 e. The van der Waals surface area contributed by atoms with Crippen LogP contribution >= 0.6 is 15.9 Å². The molecular weight excluding hydrogens is 284 g/mol. The number of anilines is 1. The van der Waals surface area contributed by atoms with Gasteiger partial charge in [-0.2, -0.15) is 0 Å². The maximum absolute atomic E-state index is 5.79. The summed E-state index contributed by atoms with van der Waals surface area (Å²) >= 11 is 3.34. The summed E-state index contributed by atoms with van der Waals surface area (Å²) < 4.78 is 11.5. The second kappa shape index (κ2) is 5.05. The zero-order valence-electron chi connectivity index (χ0n) is 9.18. The average Bonchev–Trinajstić information content (AvgIpc) is 2.34. The summed E-state index contributed by atoms with van der Waals surface area (Å²) in [6.07, 6.45) is 3.17. The first-order valence-electron chi connectivity index (χ1n) is 4.91. The zero-order chi connectivity index (χ0) is 12.3. The number of benzene rings is 1. The van der Waals surface area contributed by atoms with Crippen molar-refractivity contribution in [3.05, 3.63) is 41.1 Å². The number of ether oxygens (including phenoxy) is 2. The van der Waals surface area contributed by atoms with Crippen LogP contribution in [0.3, 0.4) is 0 Å². The molecule has 0 aliphatic rings. The normalized spacial score (nSPS) is 10.0.